The highest BCUT2D eigenvalue weighted by atomic mass is 32.1. The van der Waals surface area contributed by atoms with Crippen LogP contribution in [-0.4, -0.2) is 0 Å². The van der Waals surface area contributed by atoms with Crippen molar-refractivity contribution in [2.45, 2.75) is 25.7 Å². The Kier molecular flexibility index (Phi) is 5.62. The first-order chi connectivity index (χ1) is 18.8. The molecule has 0 aliphatic rings. The monoisotopic (exact) mass is 560 g/mol. The van der Waals surface area contributed by atoms with Crippen LogP contribution in [0.5, 0.6) is 0 Å². The molecule has 8 aromatic rings. The number of thiophene rings is 4. The summed E-state index contributed by atoms with van der Waals surface area (Å²) in [5.41, 5.74) is 2.84. The van der Waals surface area contributed by atoms with Crippen molar-refractivity contribution in [3.63, 3.8) is 0 Å². The highest BCUT2D eigenvalue weighted by molar-refractivity contribution is 7.37. The second-order valence-corrected chi connectivity index (χ2v) is 14.5. The third-order valence-corrected chi connectivity index (χ3v) is 12.3. The second kappa shape index (κ2) is 9.32. The molecule has 184 valence electrons. The van der Waals surface area contributed by atoms with E-state index >= 15 is 0 Å². The number of aryl methyl sites for hydroxylation is 4. The standard InChI is InChI=1S/C34H24S4/c1-3-7-21(8-4-1)11-13-25-15-23-17-27-31(19-29(23)35-25)37-34-28-18-24-16-26(14-12-22-9-5-2-6-10-22)36-30(24)20-32(28)38-33(27)34/h1-10,15-20H,11-14H2. The van der Waals surface area contributed by atoms with Gasteiger partial charge in [-0.05, 0) is 84.0 Å². The van der Waals surface area contributed by atoms with Gasteiger partial charge in [0.15, 0.2) is 0 Å². The zero-order valence-corrected chi connectivity index (χ0v) is 24.0. The van der Waals surface area contributed by atoms with Gasteiger partial charge in [0.1, 0.15) is 0 Å². The van der Waals surface area contributed by atoms with Crippen LogP contribution in [0.25, 0.3) is 49.7 Å². The van der Waals surface area contributed by atoms with E-state index in [2.05, 4.69) is 97.1 Å². The molecule has 4 aromatic carbocycles. The lowest BCUT2D eigenvalue weighted by molar-refractivity contribution is 0.982. The van der Waals surface area contributed by atoms with Crippen molar-refractivity contribution in [3.8, 4) is 0 Å². The Morgan fingerprint density at radius 2 is 0.842 bits per heavy atom. The van der Waals surface area contributed by atoms with Gasteiger partial charge in [0.25, 0.3) is 0 Å². The molecule has 0 aliphatic heterocycles. The van der Waals surface area contributed by atoms with Crippen LogP contribution in [0.4, 0.5) is 0 Å². The molecule has 0 spiro atoms. The van der Waals surface area contributed by atoms with Crippen LogP contribution in [0.1, 0.15) is 20.9 Å². The molecule has 8 rings (SSSR count). The first-order valence-corrected chi connectivity index (χ1v) is 16.3. The summed E-state index contributed by atoms with van der Waals surface area (Å²) in [5, 5.41) is 5.65. The lowest BCUT2D eigenvalue weighted by atomic mass is 10.1. The van der Waals surface area contributed by atoms with E-state index in [1.54, 1.807) is 0 Å². The van der Waals surface area contributed by atoms with Gasteiger partial charge >= 0.3 is 0 Å². The third-order valence-electron chi connectivity index (χ3n) is 7.46. The molecule has 4 heterocycles. The molecule has 4 aromatic heterocycles. The quantitative estimate of drug-likeness (QED) is 0.190. The van der Waals surface area contributed by atoms with Gasteiger partial charge in [-0.2, -0.15) is 0 Å². The van der Waals surface area contributed by atoms with Crippen molar-refractivity contribution < 1.29 is 0 Å². The van der Waals surface area contributed by atoms with Gasteiger partial charge < -0.3 is 0 Å². The number of rotatable bonds is 6. The molecular formula is C34H24S4. The number of fused-ring (bicyclic) bond motifs is 7. The Hall–Kier alpha value is -3.02. The molecular weight excluding hydrogens is 537 g/mol. The van der Waals surface area contributed by atoms with Gasteiger partial charge in [-0.25, -0.2) is 0 Å². The molecule has 0 atom stereocenters. The molecule has 0 nitrogen and oxygen atoms in total. The molecule has 0 amide bonds. The summed E-state index contributed by atoms with van der Waals surface area (Å²) in [4.78, 5) is 2.97. The minimum atomic E-state index is 1.10. The maximum absolute atomic E-state index is 2.45. The molecule has 0 bridgehead atoms. The smallest absolute Gasteiger partial charge is 0.0542 e. The number of hydrogen-bond acceptors (Lipinski definition) is 4. The van der Waals surface area contributed by atoms with Crippen molar-refractivity contribution in [3.05, 3.63) is 118 Å². The summed E-state index contributed by atoms with van der Waals surface area (Å²) in [6, 6.07) is 36.3. The Balaban J connectivity index is 1.13. The first kappa shape index (κ1) is 22.9. The summed E-state index contributed by atoms with van der Waals surface area (Å²) in [6.07, 6.45) is 4.43. The summed E-state index contributed by atoms with van der Waals surface area (Å²) in [5.74, 6) is 0. The van der Waals surface area contributed by atoms with E-state index in [1.165, 1.54) is 70.6 Å². The van der Waals surface area contributed by atoms with Crippen LogP contribution in [0.2, 0.25) is 0 Å². The zero-order chi connectivity index (χ0) is 25.1. The predicted molar refractivity (Wildman–Crippen MR) is 173 cm³/mol. The minimum Gasteiger partial charge on any atom is -0.140 e. The van der Waals surface area contributed by atoms with E-state index in [9.17, 15) is 0 Å². The van der Waals surface area contributed by atoms with Gasteiger partial charge in [-0.1, -0.05) is 60.7 Å². The fourth-order valence-corrected chi connectivity index (χ4v) is 10.5. The van der Waals surface area contributed by atoms with Crippen LogP contribution < -0.4 is 0 Å². The van der Waals surface area contributed by atoms with Crippen molar-refractivity contribution >= 4 is 95.1 Å². The SMILES string of the molecule is c1ccc(CCc2cc3cc4c(cc3s2)sc2c3cc5cc(CCc6ccccc6)sc5cc3sc42)cc1. The predicted octanol–water partition coefficient (Wildman–Crippen LogP) is 11.3. The summed E-state index contributed by atoms with van der Waals surface area (Å²) in [6.45, 7) is 0. The lowest BCUT2D eigenvalue weighted by Gasteiger charge is -1.98. The second-order valence-electron chi connectivity index (χ2n) is 10.0. The molecule has 0 aliphatic carbocycles. The largest absolute Gasteiger partial charge is 0.140 e. The van der Waals surface area contributed by atoms with E-state index in [0.717, 1.165) is 25.7 Å². The van der Waals surface area contributed by atoms with E-state index in [0.29, 0.717) is 0 Å². The van der Waals surface area contributed by atoms with Crippen LogP contribution in [0.3, 0.4) is 0 Å². The first-order valence-electron chi connectivity index (χ1n) is 13.1. The Morgan fingerprint density at radius 3 is 1.29 bits per heavy atom. The molecule has 0 unspecified atom stereocenters. The molecule has 4 heteroatoms. The average Bonchev–Trinajstić information content (AvgIpc) is 3.70. The Labute approximate surface area is 237 Å². The summed E-state index contributed by atoms with van der Waals surface area (Å²) in [7, 11) is 0. The lowest BCUT2D eigenvalue weighted by Crippen LogP contribution is -1.87. The maximum atomic E-state index is 2.45. The average molecular weight is 561 g/mol. The molecule has 0 fully saturated rings. The number of benzene rings is 4. The normalized spacial score (nSPS) is 12.1. The molecule has 38 heavy (non-hydrogen) atoms. The van der Waals surface area contributed by atoms with Crippen molar-refractivity contribution in [2.75, 3.05) is 0 Å². The topological polar surface area (TPSA) is 0 Å². The fourth-order valence-electron chi connectivity index (χ4n) is 5.51. The van der Waals surface area contributed by atoms with Gasteiger partial charge in [0.05, 0.1) is 9.40 Å². The van der Waals surface area contributed by atoms with Crippen LogP contribution >= 0.6 is 45.3 Å². The maximum Gasteiger partial charge on any atom is 0.0542 e. The molecule has 0 radical (unpaired) electrons. The van der Waals surface area contributed by atoms with Crippen molar-refractivity contribution in [2.24, 2.45) is 0 Å². The number of hydrogen-bond donors (Lipinski definition) is 0. The van der Waals surface area contributed by atoms with Crippen LogP contribution in [0.15, 0.2) is 97.1 Å². The fraction of sp³-hybridized carbons (Fsp3) is 0.118. The minimum absolute atomic E-state index is 1.10. The van der Waals surface area contributed by atoms with Gasteiger partial charge in [-0.3, -0.25) is 0 Å². The Morgan fingerprint density at radius 1 is 0.395 bits per heavy atom. The molecule has 0 saturated carbocycles. The zero-order valence-electron chi connectivity index (χ0n) is 20.7. The van der Waals surface area contributed by atoms with E-state index in [-0.39, 0.29) is 0 Å². The van der Waals surface area contributed by atoms with Gasteiger partial charge in [-0.15, -0.1) is 45.3 Å². The van der Waals surface area contributed by atoms with E-state index < -0.39 is 0 Å². The van der Waals surface area contributed by atoms with E-state index in [1.807, 2.05) is 45.3 Å². The van der Waals surface area contributed by atoms with Crippen LogP contribution in [-0.2, 0) is 25.7 Å². The van der Waals surface area contributed by atoms with Gasteiger partial charge in [0, 0.05) is 39.3 Å². The Bertz CT molecular complexity index is 1920. The third kappa shape index (κ3) is 4.07. The van der Waals surface area contributed by atoms with Crippen molar-refractivity contribution in [1.29, 1.82) is 0 Å². The summed E-state index contributed by atoms with van der Waals surface area (Å²) >= 11 is 7.88. The molecule has 0 N–H and O–H groups in total. The molecule has 0 saturated heterocycles. The van der Waals surface area contributed by atoms with Gasteiger partial charge in [0.2, 0.25) is 0 Å². The highest BCUT2D eigenvalue weighted by Crippen LogP contribution is 2.47. The van der Waals surface area contributed by atoms with Crippen LogP contribution in [0, 0.1) is 0 Å². The van der Waals surface area contributed by atoms with E-state index in [4.69, 9.17) is 0 Å². The van der Waals surface area contributed by atoms with Crippen molar-refractivity contribution in [1.82, 2.24) is 0 Å². The highest BCUT2D eigenvalue weighted by Gasteiger charge is 2.16. The summed E-state index contributed by atoms with van der Waals surface area (Å²) < 4.78 is 8.60.